The number of rotatable bonds is 6. The molecular formula is C26H26F2N8. The van der Waals surface area contributed by atoms with Gasteiger partial charge in [-0.1, -0.05) is 0 Å². The van der Waals surface area contributed by atoms with Gasteiger partial charge < -0.3 is 16.0 Å². The van der Waals surface area contributed by atoms with Crippen LogP contribution in [0.25, 0.3) is 22.3 Å². The van der Waals surface area contributed by atoms with Crippen LogP contribution < -0.4 is 16.0 Å². The Bertz CT molecular complexity index is 1420. The van der Waals surface area contributed by atoms with Crippen molar-refractivity contribution in [2.75, 3.05) is 17.2 Å². The predicted octanol–water partition coefficient (Wildman–Crippen LogP) is 4.93. The van der Waals surface area contributed by atoms with Crippen LogP contribution in [0, 0.1) is 11.8 Å². The molecule has 1 saturated carbocycles. The molecule has 0 aromatic carbocycles. The minimum absolute atomic E-state index is 0.236. The van der Waals surface area contributed by atoms with E-state index >= 15 is 0 Å². The highest BCUT2D eigenvalue weighted by molar-refractivity contribution is 5.93. The summed E-state index contributed by atoms with van der Waals surface area (Å²) in [6.07, 6.45) is 9.59. The molecule has 1 unspecified atom stereocenters. The van der Waals surface area contributed by atoms with Crippen LogP contribution >= 0.6 is 0 Å². The molecule has 1 aliphatic heterocycles. The first-order chi connectivity index (χ1) is 17.5. The second-order valence-corrected chi connectivity index (χ2v) is 9.53. The van der Waals surface area contributed by atoms with E-state index in [4.69, 9.17) is 9.97 Å². The van der Waals surface area contributed by atoms with Crippen molar-refractivity contribution >= 4 is 28.4 Å². The van der Waals surface area contributed by atoms with Gasteiger partial charge in [0.25, 0.3) is 0 Å². The Labute approximate surface area is 207 Å². The van der Waals surface area contributed by atoms with Gasteiger partial charge in [-0.15, -0.1) is 0 Å². The lowest BCUT2D eigenvalue weighted by Crippen LogP contribution is -2.41. The van der Waals surface area contributed by atoms with E-state index in [1.807, 2.05) is 6.20 Å². The van der Waals surface area contributed by atoms with Crippen molar-refractivity contribution in [3.05, 3.63) is 60.2 Å². The van der Waals surface area contributed by atoms with Crippen molar-refractivity contribution < 1.29 is 8.78 Å². The Balaban J connectivity index is 1.40. The number of pyridine rings is 3. The van der Waals surface area contributed by atoms with Crippen LogP contribution in [0.4, 0.5) is 26.2 Å². The zero-order valence-corrected chi connectivity index (χ0v) is 19.8. The maximum absolute atomic E-state index is 14.1. The molecule has 2 fully saturated rings. The number of anilines is 3. The summed E-state index contributed by atoms with van der Waals surface area (Å²) >= 11 is 0. The number of nitrogens with zero attached hydrogens (tertiary/aromatic N) is 5. The highest BCUT2D eigenvalue weighted by atomic mass is 19.1. The standard InChI is InChI=1S/C26H26F2N8/c1-14-10-17(7-9-30-14)32-26-23-18(15-2-3-15)12-29-13-20(23)33-24(36-26)16-6-8-31-22(11-16)35-25-19(27)4-5-21(28)34-25/h4-6,8,11-15,17,30H,2-3,7,9-10H2,1H3,(H,31,34,35)(H,32,33,36)/t14?,17-/m0/s1. The van der Waals surface area contributed by atoms with Gasteiger partial charge in [-0.3, -0.25) is 4.98 Å². The summed E-state index contributed by atoms with van der Waals surface area (Å²) in [7, 11) is 0. The second kappa shape index (κ2) is 9.34. The molecule has 0 amide bonds. The molecule has 1 saturated heterocycles. The van der Waals surface area contributed by atoms with Gasteiger partial charge in [-0.25, -0.2) is 19.3 Å². The van der Waals surface area contributed by atoms with E-state index < -0.39 is 11.8 Å². The summed E-state index contributed by atoms with van der Waals surface area (Å²) in [6, 6.07) is 6.20. The molecule has 8 nitrogen and oxygen atoms in total. The SMILES string of the molecule is CC1C[C@@H](Nc2nc(-c3ccnc(Nc4nc(F)ccc4F)c3)nc3cncc(C4CC4)c23)CCN1. The van der Waals surface area contributed by atoms with Gasteiger partial charge in [0.1, 0.15) is 11.6 Å². The first-order valence-electron chi connectivity index (χ1n) is 12.2. The topological polar surface area (TPSA) is 101 Å². The van der Waals surface area contributed by atoms with Crippen LogP contribution in [0.15, 0.2) is 42.9 Å². The molecule has 0 bridgehead atoms. The number of hydrogen-bond donors (Lipinski definition) is 3. The van der Waals surface area contributed by atoms with E-state index in [0.717, 1.165) is 61.1 Å². The van der Waals surface area contributed by atoms with Gasteiger partial charge in [-0.2, -0.15) is 9.37 Å². The largest absolute Gasteiger partial charge is 0.367 e. The van der Waals surface area contributed by atoms with E-state index in [2.05, 4.69) is 37.8 Å². The minimum Gasteiger partial charge on any atom is -0.367 e. The van der Waals surface area contributed by atoms with Crippen molar-refractivity contribution in [2.24, 2.45) is 0 Å². The lowest BCUT2D eigenvalue weighted by Gasteiger charge is -2.29. The summed E-state index contributed by atoms with van der Waals surface area (Å²) in [5.41, 5.74) is 2.65. The van der Waals surface area contributed by atoms with Crippen molar-refractivity contribution in [2.45, 2.75) is 50.6 Å². The molecule has 2 atom stereocenters. The van der Waals surface area contributed by atoms with Crippen LogP contribution in [0.3, 0.4) is 0 Å². The van der Waals surface area contributed by atoms with Gasteiger partial charge in [0.15, 0.2) is 17.5 Å². The second-order valence-electron chi connectivity index (χ2n) is 9.53. The number of fused-ring (bicyclic) bond motifs is 1. The van der Waals surface area contributed by atoms with Gasteiger partial charge in [0.05, 0.1) is 11.7 Å². The molecule has 1 aliphatic carbocycles. The van der Waals surface area contributed by atoms with Crippen molar-refractivity contribution in [1.29, 1.82) is 0 Å². The van der Waals surface area contributed by atoms with Gasteiger partial charge >= 0.3 is 0 Å². The average molecular weight is 489 g/mol. The van der Waals surface area contributed by atoms with E-state index in [1.54, 1.807) is 24.5 Å². The predicted molar refractivity (Wildman–Crippen MR) is 134 cm³/mol. The van der Waals surface area contributed by atoms with Crippen LogP contribution in [0.2, 0.25) is 0 Å². The van der Waals surface area contributed by atoms with Crippen molar-refractivity contribution in [1.82, 2.24) is 30.2 Å². The summed E-state index contributed by atoms with van der Waals surface area (Å²) < 4.78 is 27.6. The van der Waals surface area contributed by atoms with Crippen LogP contribution in [-0.4, -0.2) is 43.5 Å². The molecule has 184 valence electrons. The molecule has 4 aromatic rings. The molecular weight excluding hydrogens is 462 g/mol. The molecule has 6 rings (SSSR count). The quantitative estimate of drug-likeness (QED) is 0.329. The Morgan fingerprint density at radius 3 is 2.72 bits per heavy atom. The van der Waals surface area contributed by atoms with Gasteiger partial charge in [0.2, 0.25) is 5.95 Å². The first kappa shape index (κ1) is 22.7. The van der Waals surface area contributed by atoms with Gasteiger partial charge in [0, 0.05) is 35.4 Å². The minimum atomic E-state index is -0.783. The fraction of sp³-hybridized carbons (Fsp3) is 0.346. The number of aromatic nitrogens is 5. The molecule has 4 aromatic heterocycles. The lowest BCUT2D eigenvalue weighted by molar-refractivity contribution is 0.396. The number of hydrogen-bond acceptors (Lipinski definition) is 8. The Hall–Kier alpha value is -3.79. The van der Waals surface area contributed by atoms with Crippen LogP contribution in [-0.2, 0) is 0 Å². The Morgan fingerprint density at radius 1 is 1.00 bits per heavy atom. The molecule has 0 spiro atoms. The van der Waals surface area contributed by atoms with Crippen molar-refractivity contribution in [3.63, 3.8) is 0 Å². The maximum atomic E-state index is 14.1. The monoisotopic (exact) mass is 488 g/mol. The number of halogens is 2. The summed E-state index contributed by atoms with van der Waals surface area (Å²) in [5, 5.41) is 11.0. The third-order valence-corrected chi connectivity index (χ3v) is 6.69. The van der Waals surface area contributed by atoms with E-state index in [-0.39, 0.29) is 5.82 Å². The molecule has 0 radical (unpaired) electrons. The Kier molecular flexibility index (Phi) is 5.88. The molecule has 10 heteroatoms. The molecule has 3 N–H and O–H groups in total. The third kappa shape index (κ3) is 4.68. The highest BCUT2D eigenvalue weighted by Gasteiger charge is 2.29. The first-order valence-corrected chi connectivity index (χ1v) is 12.2. The molecule has 2 aliphatic rings. The van der Waals surface area contributed by atoms with E-state index in [0.29, 0.717) is 35.2 Å². The van der Waals surface area contributed by atoms with E-state index in [1.165, 1.54) is 5.56 Å². The highest BCUT2D eigenvalue weighted by Crippen LogP contribution is 2.44. The summed E-state index contributed by atoms with van der Waals surface area (Å²) in [6.45, 7) is 3.15. The van der Waals surface area contributed by atoms with E-state index in [9.17, 15) is 8.78 Å². The Morgan fingerprint density at radius 2 is 1.89 bits per heavy atom. The number of nitrogens with one attached hydrogen (secondary N) is 3. The zero-order chi connectivity index (χ0) is 24.6. The fourth-order valence-corrected chi connectivity index (χ4v) is 4.77. The molecule has 36 heavy (non-hydrogen) atoms. The number of piperidine rings is 1. The molecule has 5 heterocycles. The zero-order valence-electron chi connectivity index (χ0n) is 19.8. The third-order valence-electron chi connectivity index (χ3n) is 6.69. The van der Waals surface area contributed by atoms with Crippen LogP contribution in [0.1, 0.15) is 44.1 Å². The lowest BCUT2D eigenvalue weighted by atomic mass is 10.00. The summed E-state index contributed by atoms with van der Waals surface area (Å²) in [5.74, 6) is 0.414. The average Bonchev–Trinajstić information content (AvgIpc) is 3.72. The van der Waals surface area contributed by atoms with Crippen LogP contribution in [0.5, 0.6) is 0 Å². The normalized spacial score (nSPS) is 19.9. The fourth-order valence-electron chi connectivity index (χ4n) is 4.77. The smallest absolute Gasteiger partial charge is 0.214 e. The van der Waals surface area contributed by atoms with Crippen molar-refractivity contribution in [3.8, 4) is 11.4 Å². The maximum Gasteiger partial charge on any atom is 0.214 e. The summed E-state index contributed by atoms with van der Waals surface area (Å²) in [4.78, 5) is 22.1. The van der Waals surface area contributed by atoms with Gasteiger partial charge in [-0.05, 0) is 74.9 Å².